The lowest BCUT2D eigenvalue weighted by Crippen LogP contribution is -2.35. The fourth-order valence-electron chi connectivity index (χ4n) is 4.43. The van der Waals surface area contributed by atoms with E-state index in [9.17, 15) is 4.79 Å². The van der Waals surface area contributed by atoms with Gasteiger partial charge in [0.05, 0.1) is 28.6 Å². The van der Waals surface area contributed by atoms with Crippen molar-refractivity contribution in [2.24, 2.45) is 4.99 Å². The maximum Gasteiger partial charge on any atom is 0.227 e. The zero-order chi connectivity index (χ0) is 22.9. The number of allylic oxidation sites excluding steroid dienone is 1. The summed E-state index contributed by atoms with van der Waals surface area (Å²) >= 11 is 1.73. The van der Waals surface area contributed by atoms with Crippen molar-refractivity contribution >= 4 is 45.6 Å². The van der Waals surface area contributed by atoms with Crippen molar-refractivity contribution in [3.63, 3.8) is 0 Å². The third kappa shape index (κ3) is 4.14. The summed E-state index contributed by atoms with van der Waals surface area (Å²) in [5, 5.41) is 4.74. The summed E-state index contributed by atoms with van der Waals surface area (Å²) in [5.41, 5.74) is 6.88. The molecular weight excluding hydrogens is 446 g/mol. The molecule has 3 aromatic heterocycles. The van der Waals surface area contributed by atoms with E-state index in [4.69, 9.17) is 0 Å². The molecule has 1 amide bonds. The van der Waals surface area contributed by atoms with Gasteiger partial charge in [-0.25, -0.2) is 9.97 Å². The predicted octanol–water partition coefficient (Wildman–Crippen LogP) is 3.59. The van der Waals surface area contributed by atoms with Crippen molar-refractivity contribution in [3.8, 4) is 0 Å². The molecule has 0 saturated carbocycles. The molecule has 1 aliphatic carbocycles. The Kier molecular flexibility index (Phi) is 5.46. The van der Waals surface area contributed by atoms with Gasteiger partial charge in [0, 0.05) is 36.9 Å². The fraction of sp³-hybridized carbons (Fsp3) is 0.240. The van der Waals surface area contributed by atoms with Crippen LogP contribution in [0, 0.1) is 0 Å². The van der Waals surface area contributed by atoms with E-state index in [0.29, 0.717) is 24.8 Å². The molecule has 0 bridgehead atoms. The van der Waals surface area contributed by atoms with E-state index < -0.39 is 0 Å². The predicted molar refractivity (Wildman–Crippen MR) is 136 cm³/mol. The van der Waals surface area contributed by atoms with Gasteiger partial charge < -0.3 is 15.2 Å². The number of hydrogen-bond acceptors (Lipinski definition) is 7. The molecule has 5 heterocycles. The summed E-state index contributed by atoms with van der Waals surface area (Å²) in [5.74, 6) is 0.898. The number of thioether (sulfide) groups is 1. The molecule has 0 saturated heterocycles. The number of nitrogens with one attached hydrogen (secondary N) is 2. The minimum Gasteiger partial charge on any atom is -0.340 e. The summed E-state index contributed by atoms with van der Waals surface area (Å²) < 4.78 is 0. The summed E-state index contributed by atoms with van der Waals surface area (Å²) in [6.07, 6.45) is 14.7. The second-order valence-corrected chi connectivity index (χ2v) is 9.50. The first-order chi connectivity index (χ1) is 16.7. The van der Waals surface area contributed by atoms with Crippen LogP contribution in [0.3, 0.4) is 0 Å². The Labute approximate surface area is 201 Å². The Bertz CT molecular complexity index is 1360. The highest BCUT2D eigenvalue weighted by Gasteiger charge is 2.24. The summed E-state index contributed by atoms with van der Waals surface area (Å²) in [4.78, 5) is 35.5. The molecule has 0 fully saturated rings. The molecular formula is C25H23N7OS. The first kappa shape index (κ1) is 20.9. The lowest BCUT2D eigenvalue weighted by Gasteiger charge is -2.26. The molecule has 2 unspecified atom stereocenters. The standard InChI is InChI=1S/C25H23N7OS/c33-23(10-16-2-1-7-26-13-16)32-8-5-17(6-9-32)21-12-19-24(27-14-28-25(19)31-21)30-18-3-4-20-22(11-18)34-15-29-20/h1-5,7,11-15,20,22H,6,8-10H2,(H2,27,28,30,31). The zero-order valence-corrected chi connectivity index (χ0v) is 19.2. The molecule has 2 N–H and O–H groups in total. The zero-order valence-electron chi connectivity index (χ0n) is 18.4. The van der Waals surface area contributed by atoms with E-state index in [1.165, 1.54) is 5.57 Å². The van der Waals surface area contributed by atoms with Crippen LogP contribution < -0.4 is 5.32 Å². The normalized spacial score (nSPS) is 21.4. The summed E-state index contributed by atoms with van der Waals surface area (Å²) in [6, 6.07) is 6.12. The highest BCUT2D eigenvalue weighted by molar-refractivity contribution is 8.13. The van der Waals surface area contributed by atoms with Crippen molar-refractivity contribution < 1.29 is 4.79 Å². The molecule has 2 aliphatic heterocycles. The highest BCUT2D eigenvalue weighted by Crippen LogP contribution is 2.31. The number of aromatic nitrogens is 4. The number of anilines is 1. The van der Waals surface area contributed by atoms with Gasteiger partial charge in [-0.1, -0.05) is 18.2 Å². The van der Waals surface area contributed by atoms with Crippen LogP contribution in [-0.2, 0) is 11.2 Å². The quantitative estimate of drug-likeness (QED) is 0.593. The number of aliphatic imine (C=N–C) groups is 1. The van der Waals surface area contributed by atoms with E-state index in [2.05, 4.69) is 60.6 Å². The smallest absolute Gasteiger partial charge is 0.227 e. The maximum absolute atomic E-state index is 12.7. The lowest BCUT2D eigenvalue weighted by atomic mass is 10.0. The van der Waals surface area contributed by atoms with E-state index in [0.717, 1.165) is 40.2 Å². The summed E-state index contributed by atoms with van der Waals surface area (Å²) in [6.45, 7) is 1.29. The maximum atomic E-state index is 12.7. The molecule has 6 rings (SSSR count). The number of hydrogen-bond donors (Lipinski definition) is 2. The third-order valence-electron chi connectivity index (χ3n) is 6.28. The van der Waals surface area contributed by atoms with Crippen LogP contribution in [0.1, 0.15) is 17.7 Å². The molecule has 0 radical (unpaired) electrons. The molecule has 2 atom stereocenters. The van der Waals surface area contributed by atoms with Crippen molar-refractivity contribution in [3.05, 3.63) is 78.2 Å². The Hall–Kier alpha value is -3.72. The van der Waals surface area contributed by atoms with Gasteiger partial charge in [0.25, 0.3) is 0 Å². The van der Waals surface area contributed by atoms with Gasteiger partial charge in [-0.05, 0) is 41.8 Å². The fourth-order valence-corrected chi connectivity index (χ4v) is 5.33. The van der Waals surface area contributed by atoms with Crippen molar-refractivity contribution in [2.45, 2.75) is 24.1 Å². The molecule has 9 heteroatoms. The topological polar surface area (TPSA) is 99.2 Å². The number of rotatable bonds is 5. The van der Waals surface area contributed by atoms with Gasteiger partial charge in [0.15, 0.2) is 0 Å². The first-order valence-electron chi connectivity index (χ1n) is 11.3. The largest absolute Gasteiger partial charge is 0.340 e. The van der Waals surface area contributed by atoms with Crippen molar-refractivity contribution in [2.75, 3.05) is 18.4 Å². The Morgan fingerprint density at radius 1 is 1.32 bits per heavy atom. The SMILES string of the molecule is O=C(Cc1cccnc1)N1CC=C(c2cc3c(NC4=CC5SC=NC5C=C4)ncnc3[nH]2)CC1. The monoisotopic (exact) mass is 469 g/mol. The number of carbonyl (C=O) groups excluding carboxylic acids is 1. The average molecular weight is 470 g/mol. The van der Waals surface area contributed by atoms with Gasteiger partial charge >= 0.3 is 0 Å². The van der Waals surface area contributed by atoms with Gasteiger partial charge in [-0.3, -0.25) is 14.8 Å². The van der Waals surface area contributed by atoms with Crippen LogP contribution >= 0.6 is 11.8 Å². The Morgan fingerprint density at radius 3 is 3.15 bits per heavy atom. The molecule has 3 aromatic rings. The third-order valence-corrected chi connectivity index (χ3v) is 7.25. The van der Waals surface area contributed by atoms with E-state index in [1.807, 2.05) is 22.6 Å². The van der Waals surface area contributed by atoms with Crippen LogP contribution in [0.25, 0.3) is 16.6 Å². The molecule has 170 valence electrons. The van der Waals surface area contributed by atoms with Crippen LogP contribution in [0.4, 0.5) is 5.82 Å². The molecule has 0 aromatic carbocycles. The summed E-state index contributed by atoms with van der Waals surface area (Å²) in [7, 11) is 0. The number of H-pyrrole nitrogens is 1. The number of carbonyl (C=O) groups is 1. The number of aromatic amines is 1. The lowest BCUT2D eigenvalue weighted by molar-refractivity contribution is -0.130. The van der Waals surface area contributed by atoms with E-state index in [-0.39, 0.29) is 11.9 Å². The van der Waals surface area contributed by atoms with Gasteiger partial charge in [0.1, 0.15) is 17.8 Å². The molecule has 8 nitrogen and oxygen atoms in total. The van der Waals surface area contributed by atoms with Gasteiger partial charge in [0.2, 0.25) is 5.91 Å². The van der Waals surface area contributed by atoms with Crippen LogP contribution in [0.5, 0.6) is 0 Å². The average Bonchev–Trinajstić information content (AvgIpc) is 3.52. The second-order valence-electron chi connectivity index (χ2n) is 8.48. The highest BCUT2D eigenvalue weighted by atomic mass is 32.2. The molecule has 3 aliphatic rings. The molecule has 34 heavy (non-hydrogen) atoms. The first-order valence-corrected chi connectivity index (χ1v) is 12.2. The van der Waals surface area contributed by atoms with E-state index >= 15 is 0 Å². The molecule has 0 spiro atoms. The Balaban J connectivity index is 1.17. The van der Waals surface area contributed by atoms with Crippen LogP contribution in [-0.4, -0.2) is 60.7 Å². The van der Waals surface area contributed by atoms with Crippen LogP contribution in [0.2, 0.25) is 0 Å². The van der Waals surface area contributed by atoms with Crippen molar-refractivity contribution in [1.29, 1.82) is 0 Å². The number of fused-ring (bicyclic) bond motifs is 2. The second kappa shape index (κ2) is 8.90. The number of pyridine rings is 1. The number of amides is 1. The number of nitrogens with zero attached hydrogens (tertiary/aromatic N) is 5. The Morgan fingerprint density at radius 2 is 2.29 bits per heavy atom. The van der Waals surface area contributed by atoms with Crippen molar-refractivity contribution in [1.82, 2.24) is 24.8 Å². The minimum atomic E-state index is 0.124. The van der Waals surface area contributed by atoms with Crippen LogP contribution in [0.15, 0.2) is 71.9 Å². The minimum absolute atomic E-state index is 0.124. The van der Waals surface area contributed by atoms with Gasteiger partial charge in [-0.2, -0.15) is 0 Å². The van der Waals surface area contributed by atoms with E-state index in [1.54, 1.807) is 30.5 Å². The van der Waals surface area contributed by atoms with Gasteiger partial charge in [-0.15, -0.1) is 11.8 Å².